The van der Waals surface area contributed by atoms with Crippen LogP contribution in [-0.2, 0) is 31.9 Å². The van der Waals surface area contributed by atoms with Crippen molar-refractivity contribution in [3.8, 4) is 5.75 Å². The van der Waals surface area contributed by atoms with Crippen LogP contribution in [0.2, 0.25) is 0 Å². The van der Waals surface area contributed by atoms with Gasteiger partial charge in [-0.2, -0.15) is 0 Å². The highest BCUT2D eigenvalue weighted by Gasteiger charge is 2.14. The Morgan fingerprint density at radius 3 is 2.48 bits per heavy atom. The lowest BCUT2D eigenvalue weighted by Crippen LogP contribution is -2.27. The molecule has 0 radical (unpaired) electrons. The van der Waals surface area contributed by atoms with Gasteiger partial charge in [-0.05, 0) is 37.5 Å². The Kier molecular flexibility index (Phi) is 10.5. The molecule has 166 valence electrons. The molecule has 2 aromatic rings. The van der Waals surface area contributed by atoms with Crippen molar-refractivity contribution in [2.24, 2.45) is 0 Å². The third-order valence-electron chi connectivity index (χ3n) is 4.02. The first-order valence-electron chi connectivity index (χ1n) is 9.98. The number of alkyl carbamates (subject to hydrolysis) is 1. The Morgan fingerprint density at radius 1 is 1.06 bits per heavy atom. The average molecular weight is 446 g/mol. The summed E-state index contributed by atoms with van der Waals surface area (Å²) in [7, 11) is -0.377. The molecule has 1 amide bonds. The fourth-order valence-electron chi connectivity index (χ4n) is 2.60. The zero-order valence-electron chi connectivity index (χ0n) is 17.7. The van der Waals surface area contributed by atoms with Crippen molar-refractivity contribution in [3.63, 3.8) is 0 Å². The molecule has 0 spiro atoms. The van der Waals surface area contributed by atoms with Crippen LogP contribution >= 0.6 is 8.61 Å². The predicted molar refractivity (Wildman–Crippen MR) is 116 cm³/mol. The van der Waals surface area contributed by atoms with Crippen molar-refractivity contribution in [1.82, 2.24) is 10.2 Å². The molecular formula is C22H27N2O6P. The van der Waals surface area contributed by atoms with E-state index in [0.717, 1.165) is 16.0 Å². The number of hydroxylamine groups is 1. The predicted octanol–water partition coefficient (Wildman–Crippen LogP) is 4.30. The molecule has 0 atom stereocenters. The van der Waals surface area contributed by atoms with Crippen molar-refractivity contribution in [1.29, 1.82) is 0 Å². The number of amides is 1. The number of para-hydroxylation sites is 1. The van der Waals surface area contributed by atoms with E-state index in [2.05, 4.69) is 5.32 Å². The third-order valence-corrected chi connectivity index (χ3v) is 4.48. The second-order valence-electron chi connectivity index (χ2n) is 6.88. The Hall–Kier alpha value is -2.96. The first kappa shape index (κ1) is 24.3. The smallest absolute Gasteiger partial charge is 0.407 e. The lowest BCUT2D eigenvalue weighted by molar-refractivity contribution is -0.148. The van der Waals surface area contributed by atoms with E-state index in [1.807, 2.05) is 42.5 Å². The van der Waals surface area contributed by atoms with E-state index >= 15 is 0 Å². The minimum atomic E-state index is -0.509. The van der Waals surface area contributed by atoms with E-state index in [1.54, 1.807) is 26.0 Å². The maximum atomic E-state index is 11.9. The highest BCUT2D eigenvalue weighted by atomic mass is 31.1. The van der Waals surface area contributed by atoms with Crippen LogP contribution in [-0.4, -0.2) is 36.1 Å². The number of carbonyl (C=O) groups excluding carboxylic acids is 2. The van der Waals surface area contributed by atoms with Crippen molar-refractivity contribution >= 4 is 20.7 Å². The number of benzene rings is 2. The Balaban J connectivity index is 1.80. The number of hydrogen-bond acceptors (Lipinski definition) is 6. The normalized spacial score (nSPS) is 10.8. The lowest BCUT2D eigenvalue weighted by Gasteiger charge is -2.17. The lowest BCUT2D eigenvalue weighted by atomic mass is 10.1. The zero-order chi connectivity index (χ0) is 22.5. The molecule has 0 aliphatic heterocycles. The monoisotopic (exact) mass is 446 g/mol. The first-order chi connectivity index (χ1) is 15.0. The summed E-state index contributed by atoms with van der Waals surface area (Å²) in [4.78, 5) is 30.4. The molecule has 0 aliphatic rings. The number of nitrogens with one attached hydrogen (secondary N) is 1. The highest BCUT2D eigenvalue weighted by Crippen LogP contribution is 2.22. The molecule has 8 nitrogen and oxygen atoms in total. The fraction of sp³-hybridized carbons (Fsp3) is 0.364. The third kappa shape index (κ3) is 9.59. The Labute approximate surface area is 183 Å². The fourth-order valence-corrected chi connectivity index (χ4v) is 2.90. The molecule has 0 saturated heterocycles. The van der Waals surface area contributed by atoms with Gasteiger partial charge in [0, 0.05) is 6.54 Å². The molecule has 0 unspecified atom stereocenters. The number of esters is 1. The van der Waals surface area contributed by atoms with E-state index in [-0.39, 0.29) is 34.3 Å². The van der Waals surface area contributed by atoms with E-state index in [0.29, 0.717) is 18.7 Å². The maximum absolute atomic E-state index is 11.9. The summed E-state index contributed by atoms with van der Waals surface area (Å²) in [6.07, 6.45) is -0.190. The van der Waals surface area contributed by atoms with Gasteiger partial charge < -0.3 is 19.6 Å². The quantitative estimate of drug-likeness (QED) is 0.295. The van der Waals surface area contributed by atoms with Gasteiger partial charge in [0.2, 0.25) is 0 Å². The minimum absolute atomic E-state index is 0.0460. The van der Waals surface area contributed by atoms with Crippen LogP contribution in [0.5, 0.6) is 5.75 Å². The van der Waals surface area contributed by atoms with Gasteiger partial charge in [0.25, 0.3) is 8.61 Å². The van der Waals surface area contributed by atoms with Gasteiger partial charge in [-0.25, -0.2) is 4.79 Å². The first-order valence-corrected chi connectivity index (χ1v) is 10.7. The van der Waals surface area contributed by atoms with E-state index in [1.165, 1.54) is 0 Å². The van der Waals surface area contributed by atoms with E-state index < -0.39 is 12.1 Å². The zero-order valence-corrected chi connectivity index (χ0v) is 18.5. The van der Waals surface area contributed by atoms with Crippen LogP contribution < -0.4 is 10.2 Å². The number of carbonyl (C=O) groups is 2. The van der Waals surface area contributed by atoms with E-state index in [9.17, 15) is 14.2 Å². The van der Waals surface area contributed by atoms with Crippen molar-refractivity contribution < 1.29 is 28.5 Å². The van der Waals surface area contributed by atoms with Crippen LogP contribution in [0.1, 0.15) is 31.4 Å². The molecule has 0 saturated carbocycles. The number of hydrogen-bond donors (Lipinski definition) is 1. The van der Waals surface area contributed by atoms with Crippen molar-refractivity contribution in [2.75, 3.05) is 13.1 Å². The van der Waals surface area contributed by atoms with Gasteiger partial charge in [-0.3, -0.25) is 9.36 Å². The molecule has 1 N–H and O–H groups in total. The van der Waals surface area contributed by atoms with Gasteiger partial charge in [-0.1, -0.05) is 53.4 Å². The molecule has 0 heterocycles. The molecule has 2 rings (SSSR count). The topological polar surface area (TPSA) is 94.2 Å². The molecule has 9 heteroatoms. The van der Waals surface area contributed by atoms with Gasteiger partial charge >= 0.3 is 12.1 Å². The highest BCUT2D eigenvalue weighted by molar-refractivity contribution is 7.20. The van der Waals surface area contributed by atoms with Gasteiger partial charge in [0.05, 0.1) is 19.1 Å². The van der Waals surface area contributed by atoms with Gasteiger partial charge in [0.15, 0.2) is 5.75 Å². The minimum Gasteiger partial charge on any atom is -0.463 e. The summed E-state index contributed by atoms with van der Waals surface area (Å²) < 4.78 is 21.7. The van der Waals surface area contributed by atoms with Crippen LogP contribution in [0.25, 0.3) is 0 Å². The number of rotatable bonds is 12. The summed E-state index contributed by atoms with van der Waals surface area (Å²) in [6, 6.07) is 16.6. The summed E-state index contributed by atoms with van der Waals surface area (Å²) in [6.45, 7) is 4.17. The van der Waals surface area contributed by atoms with Gasteiger partial charge in [-0.15, -0.1) is 0 Å². The van der Waals surface area contributed by atoms with Crippen LogP contribution in [0, 0.1) is 0 Å². The largest absolute Gasteiger partial charge is 0.463 e. The summed E-state index contributed by atoms with van der Waals surface area (Å²) in [5.41, 5.74) is 1.72. The summed E-state index contributed by atoms with van der Waals surface area (Å²) in [5.74, 6) is 0.0984. The summed E-state index contributed by atoms with van der Waals surface area (Å²) in [5, 5.41) is 2.70. The molecular weight excluding hydrogens is 419 g/mol. The average Bonchev–Trinajstić information content (AvgIpc) is 2.76. The Bertz CT molecular complexity index is 847. The van der Waals surface area contributed by atoms with Crippen LogP contribution in [0.15, 0.2) is 54.6 Å². The number of nitrogens with zero attached hydrogens (tertiary/aromatic N) is 1. The maximum Gasteiger partial charge on any atom is 0.407 e. The van der Waals surface area contributed by atoms with Crippen molar-refractivity contribution in [2.45, 2.75) is 39.4 Å². The van der Waals surface area contributed by atoms with Crippen molar-refractivity contribution in [3.05, 3.63) is 65.7 Å². The Morgan fingerprint density at radius 2 is 1.77 bits per heavy atom. The summed E-state index contributed by atoms with van der Waals surface area (Å²) >= 11 is 0. The number of ether oxygens (including phenoxy) is 2. The standard InChI is InChI=1S/C22H27N2O6P/c1-17(2)29-21(25)13-15-24(31-27)30-20-11-7-6-10-19(20)12-14-23-22(26)28-16-18-8-4-3-5-9-18/h3-11,17H,12-16H2,1-2H3,(H,23,26). The molecule has 0 aromatic heterocycles. The molecule has 0 bridgehead atoms. The molecule has 0 aliphatic carbocycles. The molecule has 2 aromatic carbocycles. The SMILES string of the molecule is CC(C)OC(=O)CCN(Oc1ccccc1CCNC(=O)OCc1ccccc1)P=O. The van der Waals surface area contributed by atoms with Crippen LogP contribution in [0.4, 0.5) is 4.79 Å². The second-order valence-corrected chi connectivity index (χ2v) is 7.49. The molecule has 0 fully saturated rings. The molecule has 31 heavy (non-hydrogen) atoms. The van der Waals surface area contributed by atoms with Gasteiger partial charge in [0.1, 0.15) is 6.61 Å². The second kappa shape index (κ2) is 13.4. The van der Waals surface area contributed by atoms with E-state index in [4.69, 9.17) is 14.3 Å². The van der Waals surface area contributed by atoms with Crippen LogP contribution in [0.3, 0.4) is 0 Å².